The summed E-state index contributed by atoms with van der Waals surface area (Å²) in [6.45, 7) is 12.4. The van der Waals surface area contributed by atoms with Gasteiger partial charge in [0.1, 0.15) is 35.5 Å². The number of benzene rings is 2. The Labute approximate surface area is 243 Å². The molecule has 3 rings (SSSR count). The van der Waals surface area contributed by atoms with Crippen molar-refractivity contribution in [2.45, 2.75) is 88.5 Å². The van der Waals surface area contributed by atoms with Gasteiger partial charge in [0, 0.05) is 6.54 Å². The maximum Gasteiger partial charge on any atom is 0.407 e. The van der Waals surface area contributed by atoms with E-state index in [1.54, 1.807) is 20.8 Å². The van der Waals surface area contributed by atoms with Crippen LogP contribution in [-0.4, -0.2) is 84.1 Å². The van der Waals surface area contributed by atoms with Gasteiger partial charge in [0.15, 0.2) is 0 Å². The third-order valence-corrected chi connectivity index (χ3v) is 13.1. The molecule has 0 radical (unpaired) electrons. The molecule has 0 saturated carbocycles. The highest BCUT2D eigenvalue weighted by Crippen LogP contribution is 2.38. The van der Waals surface area contributed by atoms with Gasteiger partial charge in [0.25, 0.3) is 8.32 Å². The lowest BCUT2D eigenvalue weighted by atomic mass is 10.0. The molecule has 8 nitrogen and oxygen atoms in total. The first kappa shape index (κ1) is 32.6. The first-order chi connectivity index (χ1) is 18.8. The molecule has 0 bridgehead atoms. The number of rotatable bonds is 10. The number of carbonyl (C=O) groups excluding carboxylic acids is 1. The number of aliphatic hydroxyl groups excluding tert-OH is 3. The zero-order valence-corrected chi connectivity index (χ0v) is 26.2. The van der Waals surface area contributed by atoms with Gasteiger partial charge in [-0.2, -0.15) is 0 Å². The van der Waals surface area contributed by atoms with Crippen LogP contribution in [-0.2, 0) is 13.9 Å². The SMILES string of the molecule is CC(C)(C)OC(=O)NCCCS[C@@H]1O[C@H](CO[Si](c2ccccc2)(c2ccccc2)C(C)(C)C)[C@@H](O)[C@H](O)[C@@H]1O. The molecule has 2 aromatic rings. The van der Waals surface area contributed by atoms with Gasteiger partial charge in [0.2, 0.25) is 0 Å². The molecule has 0 unspecified atom stereocenters. The summed E-state index contributed by atoms with van der Waals surface area (Å²) in [5.74, 6) is 0.558. The van der Waals surface area contributed by atoms with Gasteiger partial charge in [-0.3, -0.25) is 0 Å². The third-order valence-electron chi connectivity index (χ3n) is 6.82. The Bertz CT molecular complexity index is 1020. The zero-order chi connectivity index (χ0) is 29.6. The van der Waals surface area contributed by atoms with Crippen molar-refractivity contribution >= 4 is 36.5 Å². The van der Waals surface area contributed by atoms with Crippen molar-refractivity contribution in [2.24, 2.45) is 0 Å². The molecular formula is C30H45NO7SSi. The number of ether oxygens (including phenoxy) is 2. The molecule has 2 aromatic carbocycles. The lowest BCUT2D eigenvalue weighted by Gasteiger charge is -2.46. The van der Waals surface area contributed by atoms with E-state index in [1.165, 1.54) is 11.8 Å². The average Bonchev–Trinajstić information content (AvgIpc) is 2.89. The van der Waals surface area contributed by atoms with Gasteiger partial charge in [-0.1, -0.05) is 81.4 Å². The fourth-order valence-electron chi connectivity index (χ4n) is 4.94. The van der Waals surface area contributed by atoms with Gasteiger partial charge in [-0.15, -0.1) is 11.8 Å². The number of thioether (sulfide) groups is 1. The maximum absolute atomic E-state index is 11.8. The number of aliphatic hydroxyl groups is 3. The Morgan fingerprint density at radius 1 is 0.900 bits per heavy atom. The molecule has 1 fully saturated rings. The number of hydrogen-bond acceptors (Lipinski definition) is 8. The topological polar surface area (TPSA) is 117 Å². The van der Waals surface area contributed by atoms with Gasteiger partial charge in [-0.25, -0.2) is 4.79 Å². The molecule has 1 aliphatic rings. The van der Waals surface area contributed by atoms with Crippen molar-refractivity contribution in [3.8, 4) is 0 Å². The maximum atomic E-state index is 11.8. The Kier molecular flexibility index (Phi) is 11.3. The van der Waals surface area contributed by atoms with Crippen molar-refractivity contribution in [2.75, 3.05) is 18.9 Å². The predicted octanol–water partition coefficient (Wildman–Crippen LogP) is 3.02. The molecule has 0 aliphatic carbocycles. The van der Waals surface area contributed by atoms with Gasteiger partial charge < -0.3 is 34.5 Å². The Morgan fingerprint density at radius 3 is 1.95 bits per heavy atom. The van der Waals surface area contributed by atoms with Gasteiger partial charge >= 0.3 is 6.09 Å². The molecule has 0 aromatic heterocycles. The molecule has 4 N–H and O–H groups in total. The van der Waals surface area contributed by atoms with Crippen LogP contribution in [0.1, 0.15) is 48.0 Å². The lowest BCUT2D eigenvalue weighted by molar-refractivity contribution is -0.204. The first-order valence-electron chi connectivity index (χ1n) is 13.8. The lowest BCUT2D eigenvalue weighted by Crippen LogP contribution is -2.68. The molecule has 10 heteroatoms. The number of nitrogens with one attached hydrogen (secondary N) is 1. The molecular weight excluding hydrogens is 546 g/mol. The van der Waals surface area contributed by atoms with Crippen LogP contribution in [0.4, 0.5) is 4.79 Å². The normalized spacial score (nSPS) is 24.0. The van der Waals surface area contributed by atoms with E-state index in [1.807, 2.05) is 36.4 Å². The minimum atomic E-state index is -2.88. The fourth-order valence-corrected chi connectivity index (χ4v) is 10.6. The van der Waals surface area contributed by atoms with E-state index in [0.29, 0.717) is 18.7 Å². The molecule has 1 aliphatic heterocycles. The van der Waals surface area contributed by atoms with Crippen molar-refractivity contribution < 1.29 is 34.0 Å². The molecule has 5 atom stereocenters. The van der Waals surface area contributed by atoms with Crippen LogP contribution >= 0.6 is 11.8 Å². The molecule has 0 spiro atoms. The molecule has 1 heterocycles. The molecule has 40 heavy (non-hydrogen) atoms. The second-order valence-corrected chi connectivity index (χ2v) is 17.7. The number of hydrogen-bond donors (Lipinski definition) is 4. The van der Waals surface area contributed by atoms with Crippen LogP contribution in [0, 0.1) is 0 Å². The summed E-state index contributed by atoms with van der Waals surface area (Å²) < 4.78 is 18.3. The first-order valence-corrected chi connectivity index (χ1v) is 16.7. The Balaban J connectivity index is 1.71. The second-order valence-electron chi connectivity index (χ2n) is 12.1. The van der Waals surface area contributed by atoms with E-state index >= 15 is 0 Å². The number of amides is 1. The largest absolute Gasteiger partial charge is 0.444 e. The van der Waals surface area contributed by atoms with Crippen LogP contribution in [0.5, 0.6) is 0 Å². The smallest absolute Gasteiger partial charge is 0.407 e. The average molecular weight is 592 g/mol. The minimum absolute atomic E-state index is 0.0511. The highest BCUT2D eigenvalue weighted by Gasteiger charge is 2.52. The number of alkyl carbamates (subject to hydrolysis) is 1. The monoisotopic (exact) mass is 591 g/mol. The van der Waals surface area contributed by atoms with E-state index in [-0.39, 0.29) is 11.6 Å². The van der Waals surface area contributed by atoms with Crippen LogP contribution < -0.4 is 15.7 Å². The highest BCUT2D eigenvalue weighted by atomic mass is 32.2. The van der Waals surface area contributed by atoms with Gasteiger partial charge in [-0.05, 0) is 48.4 Å². The van der Waals surface area contributed by atoms with Crippen molar-refractivity contribution in [3.05, 3.63) is 60.7 Å². The van der Waals surface area contributed by atoms with Crippen molar-refractivity contribution in [1.82, 2.24) is 5.32 Å². The van der Waals surface area contributed by atoms with Crippen LogP contribution in [0.15, 0.2) is 60.7 Å². The van der Waals surface area contributed by atoms with E-state index in [4.69, 9.17) is 13.9 Å². The van der Waals surface area contributed by atoms with E-state index < -0.39 is 49.9 Å². The van der Waals surface area contributed by atoms with E-state index in [0.717, 1.165) is 10.4 Å². The summed E-state index contributed by atoms with van der Waals surface area (Å²) in [5, 5.41) is 36.8. The standard InChI is InChI=1S/C30H45NO7SSi/c1-29(2,3)38-28(35)31-18-13-19-39-27-26(34)25(33)24(32)23(37-27)20-36-40(30(4,5)6,21-14-9-7-10-15-21)22-16-11-8-12-17-22/h7-12,14-17,23-27,32-34H,13,18-20H2,1-6H3,(H,31,35)/t23-,24-,25+,26+,27+/m1/s1. The van der Waals surface area contributed by atoms with Crippen LogP contribution in [0.2, 0.25) is 5.04 Å². The summed E-state index contributed by atoms with van der Waals surface area (Å²) in [4.78, 5) is 11.8. The Morgan fingerprint density at radius 2 is 1.45 bits per heavy atom. The van der Waals surface area contributed by atoms with E-state index in [2.05, 4.69) is 50.4 Å². The minimum Gasteiger partial charge on any atom is -0.444 e. The summed E-state index contributed by atoms with van der Waals surface area (Å²) in [6.07, 6.45) is -4.65. The molecule has 222 valence electrons. The summed E-state index contributed by atoms with van der Waals surface area (Å²) in [7, 11) is -2.88. The fraction of sp³-hybridized carbons (Fsp3) is 0.567. The highest BCUT2D eigenvalue weighted by molar-refractivity contribution is 7.99. The molecule has 1 saturated heterocycles. The van der Waals surface area contributed by atoms with Crippen LogP contribution in [0.3, 0.4) is 0 Å². The number of carbonyl (C=O) groups is 1. The zero-order valence-electron chi connectivity index (χ0n) is 24.4. The Hall–Kier alpha value is -1.92. The second kappa shape index (κ2) is 13.8. The summed E-state index contributed by atoms with van der Waals surface area (Å²) in [5.41, 5.74) is -1.32. The van der Waals surface area contributed by atoms with Crippen molar-refractivity contribution in [1.29, 1.82) is 0 Å². The summed E-state index contributed by atoms with van der Waals surface area (Å²) in [6, 6.07) is 20.3. The van der Waals surface area contributed by atoms with Gasteiger partial charge in [0.05, 0.1) is 6.61 Å². The van der Waals surface area contributed by atoms with Crippen molar-refractivity contribution in [3.63, 3.8) is 0 Å². The quantitative estimate of drug-likeness (QED) is 0.246. The third kappa shape index (κ3) is 8.09. The van der Waals surface area contributed by atoms with E-state index in [9.17, 15) is 20.1 Å². The van der Waals surface area contributed by atoms with Crippen LogP contribution in [0.25, 0.3) is 0 Å². The molecule has 1 amide bonds. The summed E-state index contributed by atoms with van der Waals surface area (Å²) >= 11 is 1.33. The predicted molar refractivity (Wildman–Crippen MR) is 162 cm³/mol.